The van der Waals surface area contributed by atoms with E-state index in [1.807, 2.05) is 6.92 Å². The fraction of sp³-hybridized carbons (Fsp3) is 0.250. The largest absolute Gasteiger partial charge is 0.342 e. The topological polar surface area (TPSA) is 28.7 Å². The molecule has 1 aromatic heterocycles. The van der Waals surface area contributed by atoms with E-state index in [-0.39, 0.29) is 0 Å². The van der Waals surface area contributed by atoms with Gasteiger partial charge in [0, 0.05) is 5.56 Å². The van der Waals surface area contributed by atoms with Gasteiger partial charge in [-0.25, -0.2) is 4.98 Å². The minimum atomic E-state index is 1.02. The van der Waals surface area contributed by atoms with Crippen LogP contribution in [-0.4, -0.2) is 9.97 Å². The standard InChI is InChI=1S/C12H12N2/c1-8-13-11-7-6-9-4-2-3-5-10(9)12(11)14-8/h2-5H,6-7H2,1H3,(H,13,14). The molecule has 70 valence electrons. The molecular formula is C12H12N2. The number of aryl methyl sites for hydroxylation is 3. The van der Waals surface area contributed by atoms with Crippen molar-refractivity contribution in [3.8, 4) is 11.3 Å². The molecule has 2 heteroatoms. The predicted octanol–water partition coefficient (Wildman–Crippen LogP) is 2.48. The van der Waals surface area contributed by atoms with Crippen LogP contribution >= 0.6 is 0 Å². The molecule has 0 bridgehead atoms. The first-order valence-electron chi connectivity index (χ1n) is 4.98. The molecule has 1 N–H and O–H groups in total. The van der Waals surface area contributed by atoms with Gasteiger partial charge < -0.3 is 4.98 Å². The van der Waals surface area contributed by atoms with Gasteiger partial charge in [-0.3, -0.25) is 0 Å². The van der Waals surface area contributed by atoms with Crippen LogP contribution in [0.25, 0.3) is 11.3 Å². The monoisotopic (exact) mass is 184 g/mol. The van der Waals surface area contributed by atoms with Crippen molar-refractivity contribution < 1.29 is 0 Å². The Balaban J connectivity index is 2.28. The van der Waals surface area contributed by atoms with Crippen molar-refractivity contribution in [2.75, 3.05) is 0 Å². The van der Waals surface area contributed by atoms with Crippen LogP contribution in [0.2, 0.25) is 0 Å². The highest BCUT2D eigenvalue weighted by molar-refractivity contribution is 5.68. The zero-order valence-corrected chi connectivity index (χ0v) is 8.17. The number of fused-ring (bicyclic) bond motifs is 3. The average Bonchev–Trinajstić information content (AvgIpc) is 2.59. The fourth-order valence-electron chi connectivity index (χ4n) is 2.18. The lowest BCUT2D eigenvalue weighted by Crippen LogP contribution is -2.02. The molecule has 1 heterocycles. The molecule has 1 aliphatic rings. The van der Waals surface area contributed by atoms with Crippen LogP contribution in [0.3, 0.4) is 0 Å². The number of nitrogens with one attached hydrogen (secondary N) is 1. The molecule has 0 saturated heterocycles. The Kier molecular flexibility index (Phi) is 1.51. The van der Waals surface area contributed by atoms with Crippen molar-refractivity contribution in [2.45, 2.75) is 19.8 Å². The van der Waals surface area contributed by atoms with Crippen LogP contribution in [-0.2, 0) is 12.8 Å². The second kappa shape index (κ2) is 2.71. The summed E-state index contributed by atoms with van der Waals surface area (Å²) in [4.78, 5) is 7.84. The number of aromatic amines is 1. The Morgan fingerprint density at radius 1 is 1.21 bits per heavy atom. The molecule has 0 spiro atoms. The van der Waals surface area contributed by atoms with Crippen molar-refractivity contribution in [3.05, 3.63) is 41.3 Å². The number of aromatic nitrogens is 2. The van der Waals surface area contributed by atoms with E-state index in [4.69, 9.17) is 0 Å². The van der Waals surface area contributed by atoms with Gasteiger partial charge in [0.05, 0.1) is 11.4 Å². The molecule has 0 aliphatic heterocycles. The van der Waals surface area contributed by atoms with Gasteiger partial charge in [0.1, 0.15) is 5.82 Å². The second-order valence-corrected chi connectivity index (χ2v) is 3.80. The zero-order chi connectivity index (χ0) is 9.54. The van der Waals surface area contributed by atoms with E-state index < -0.39 is 0 Å². The van der Waals surface area contributed by atoms with Gasteiger partial charge in [-0.05, 0) is 25.3 Å². The molecule has 3 rings (SSSR count). The highest BCUT2D eigenvalue weighted by Gasteiger charge is 2.18. The van der Waals surface area contributed by atoms with Crippen molar-refractivity contribution >= 4 is 0 Å². The number of hydrogen-bond acceptors (Lipinski definition) is 1. The molecule has 1 aliphatic carbocycles. The van der Waals surface area contributed by atoms with Crippen LogP contribution < -0.4 is 0 Å². The molecule has 14 heavy (non-hydrogen) atoms. The van der Waals surface area contributed by atoms with Gasteiger partial charge in [-0.15, -0.1) is 0 Å². The quantitative estimate of drug-likeness (QED) is 0.669. The van der Waals surface area contributed by atoms with E-state index in [0.717, 1.165) is 18.7 Å². The van der Waals surface area contributed by atoms with Crippen LogP contribution in [0.1, 0.15) is 17.1 Å². The summed E-state index contributed by atoms with van der Waals surface area (Å²) in [6, 6.07) is 8.57. The number of rotatable bonds is 0. The molecule has 0 radical (unpaired) electrons. The molecule has 0 atom stereocenters. The molecule has 0 unspecified atom stereocenters. The SMILES string of the molecule is Cc1nc2c([nH]1)-c1ccccc1CC2. The van der Waals surface area contributed by atoms with E-state index in [9.17, 15) is 0 Å². The van der Waals surface area contributed by atoms with Crippen molar-refractivity contribution in [1.82, 2.24) is 9.97 Å². The molecule has 1 aromatic carbocycles. The molecule has 0 fully saturated rings. The summed E-state index contributed by atoms with van der Waals surface area (Å²) in [6.07, 6.45) is 2.18. The number of benzene rings is 1. The van der Waals surface area contributed by atoms with Crippen molar-refractivity contribution in [1.29, 1.82) is 0 Å². The van der Waals surface area contributed by atoms with Gasteiger partial charge in [0.15, 0.2) is 0 Å². The third kappa shape index (κ3) is 1.00. The van der Waals surface area contributed by atoms with E-state index in [2.05, 4.69) is 34.2 Å². The first kappa shape index (κ1) is 7.80. The Morgan fingerprint density at radius 3 is 3.00 bits per heavy atom. The number of nitrogens with zero attached hydrogens (tertiary/aromatic N) is 1. The van der Waals surface area contributed by atoms with Crippen molar-refractivity contribution in [3.63, 3.8) is 0 Å². The molecule has 0 amide bonds. The van der Waals surface area contributed by atoms with Gasteiger partial charge in [0.25, 0.3) is 0 Å². The number of imidazole rings is 1. The lowest BCUT2D eigenvalue weighted by Gasteiger charge is -2.14. The lowest BCUT2D eigenvalue weighted by molar-refractivity contribution is 0.905. The Morgan fingerprint density at radius 2 is 2.07 bits per heavy atom. The third-order valence-corrected chi connectivity index (χ3v) is 2.81. The first-order chi connectivity index (χ1) is 6.84. The van der Waals surface area contributed by atoms with Gasteiger partial charge in [0.2, 0.25) is 0 Å². The van der Waals surface area contributed by atoms with Gasteiger partial charge in [-0.2, -0.15) is 0 Å². The Hall–Kier alpha value is -1.57. The molecular weight excluding hydrogens is 172 g/mol. The van der Waals surface area contributed by atoms with E-state index >= 15 is 0 Å². The molecule has 2 nitrogen and oxygen atoms in total. The summed E-state index contributed by atoms with van der Waals surface area (Å²) >= 11 is 0. The van der Waals surface area contributed by atoms with E-state index in [0.29, 0.717) is 0 Å². The Labute approximate surface area is 83.0 Å². The maximum absolute atomic E-state index is 4.49. The minimum absolute atomic E-state index is 1.02. The summed E-state index contributed by atoms with van der Waals surface area (Å²) in [7, 11) is 0. The molecule has 0 saturated carbocycles. The fourth-order valence-corrected chi connectivity index (χ4v) is 2.18. The summed E-state index contributed by atoms with van der Waals surface area (Å²) in [5.74, 6) is 1.02. The summed E-state index contributed by atoms with van der Waals surface area (Å²) in [6.45, 7) is 2.01. The minimum Gasteiger partial charge on any atom is -0.342 e. The number of hydrogen-bond donors (Lipinski definition) is 1. The second-order valence-electron chi connectivity index (χ2n) is 3.80. The first-order valence-corrected chi connectivity index (χ1v) is 4.98. The highest BCUT2D eigenvalue weighted by atomic mass is 14.9. The maximum atomic E-state index is 4.49. The van der Waals surface area contributed by atoms with E-state index in [1.54, 1.807) is 0 Å². The molecule has 2 aromatic rings. The third-order valence-electron chi connectivity index (χ3n) is 2.81. The zero-order valence-electron chi connectivity index (χ0n) is 8.17. The van der Waals surface area contributed by atoms with Gasteiger partial charge in [-0.1, -0.05) is 24.3 Å². The van der Waals surface area contributed by atoms with Crippen LogP contribution in [0, 0.1) is 6.92 Å². The summed E-state index contributed by atoms with van der Waals surface area (Å²) in [5.41, 5.74) is 5.21. The lowest BCUT2D eigenvalue weighted by atomic mass is 9.93. The normalized spacial score (nSPS) is 13.5. The Bertz CT molecular complexity index is 483. The average molecular weight is 184 g/mol. The smallest absolute Gasteiger partial charge is 0.103 e. The van der Waals surface area contributed by atoms with Gasteiger partial charge >= 0.3 is 0 Å². The van der Waals surface area contributed by atoms with Crippen LogP contribution in [0.4, 0.5) is 0 Å². The number of H-pyrrole nitrogens is 1. The predicted molar refractivity (Wildman–Crippen MR) is 56.2 cm³/mol. The summed E-state index contributed by atoms with van der Waals surface area (Å²) in [5, 5.41) is 0. The van der Waals surface area contributed by atoms with Crippen molar-refractivity contribution in [2.24, 2.45) is 0 Å². The maximum Gasteiger partial charge on any atom is 0.103 e. The summed E-state index contributed by atoms with van der Waals surface area (Å²) < 4.78 is 0. The van der Waals surface area contributed by atoms with Crippen LogP contribution in [0.5, 0.6) is 0 Å². The highest BCUT2D eigenvalue weighted by Crippen LogP contribution is 2.31. The van der Waals surface area contributed by atoms with Crippen LogP contribution in [0.15, 0.2) is 24.3 Å². The van der Waals surface area contributed by atoms with E-state index in [1.165, 1.54) is 22.5 Å².